The predicted molar refractivity (Wildman–Crippen MR) is 99.9 cm³/mol. The summed E-state index contributed by atoms with van der Waals surface area (Å²) in [4.78, 5) is 12.2. The number of aryl methyl sites for hydroxylation is 1. The second-order valence-electron chi connectivity index (χ2n) is 5.41. The van der Waals surface area contributed by atoms with Crippen molar-refractivity contribution in [2.45, 2.75) is 20.5 Å². The number of anilines is 1. The van der Waals surface area contributed by atoms with Gasteiger partial charge >= 0.3 is 0 Å². The first-order valence-corrected chi connectivity index (χ1v) is 7.93. The van der Waals surface area contributed by atoms with E-state index in [1.807, 2.05) is 44.2 Å². The third-order valence-corrected chi connectivity index (χ3v) is 3.85. The lowest BCUT2D eigenvalue weighted by Gasteiger charge is -2.14. The first-order chi connectivity index (χ1) is 11.5. The van der Waals surface area contributed by atoms with E-state index in [0.29, 0.717) is 17.3 Å². The van der Waals surface area contributed by atoms with Crippen molar-refractivity contribution in [3.05, 3.63) is 64.7 Å². The van der Waals surface area contributed by atoms with Crippen LogP contribution in [0.1, 0.15) is 27.0 Å². The fourth-order valence-corrected chi connectivity index (χ4v) is 2.36. The molecule has 3 N–H and O–H groups in total. The summed E-state index contributed by atoms with van der Waals surface area (Å²) in [5.41, 5.74) is 9.96. The molecule has 0 aliphatic rings. The highest BCUT2D eigenvalue weighted by molar-refractivity contribution is 7.80. The minimum Gasteiger partial charge on any atom is -0.380 e. The van der Waals surface area contributed by atoms with Crippen LogP contribution in [0, 0.1) is 13.8 Å². The van der Waals surface area contributed by atoms with E-state index in [2.05, 4.69) is 16.2 Å². The number of carbonyl (C=O) groups is 1. The van der Waals surface area contributed by atoms with Gasteiger partial charge < -0.3 is 10.1 Å². The molecular weight excluding hydrogens is 322 g/mol. The molecule has 0 saturated heterocycles. The van der Waals surface area contributed by atoms with E-state index in [-0.39, 0.29) is 5.91 Å². The van der Waals surface area contributed by atoms with Crippen LogP contribution in [0.4, 0.5) is 5.69 Å². The van der Waals surface area contributed by atoms with Crippen LogP contribution < -0.4 is 16.2 Å². The molecule has 1 amide bonds. The number of carbonyl (C=O) groups excluding carboxylic acids is 1. The van der Waals surface area contributed by atoms with Crippen LogP contribution in [0.3, 0.4) is 0 Å². The smallest absolute Gasteiger partial charge is 0.269 e. The number of benzene rings is 2. The Kier molecular flexibility index (Phi) is 6.28. The minimum absolute atomic E-state index is 0.266. The van der Waals surface area contributed by atoms with Crippen molar-refractivity contribution >= 4 is 28.9 Å². The number of ether oxygens (including phenoxy) is 1. The standard InChI is InChI=1S/C18H21N3O2S/c1-12-6-4-9-16(13(12)2)19-18(24)21-20-17(22)15-8-5-7-14(10-15)11-23-3/h4-10H,11H2,1-3H3,(H,20,22)(H2,19,21,24). The molecule has 2 rings (SSSR count). The van der Waals surface area contributed by atoms with Crippen molar-refractivity contribution < 1.29 is 9.53 Å². The van der Waals surface area contributed by atoms with E-state index in [0.717, 1.165) is 16.8 Å². The Labute approximate surface area is 147 Å². The number of rotatable bonds is 4. The average Bonchev–Trinajstić information content (AvgIpc) is 2.57. The van der Waals surface area contributed by atoms with Crippen LogP contribution >= 0.6 is 12.2 Å². The molecule has 2 aromatic carbocycles. The van der Waals surface area contributed by atoms with Crippen molar-refractivity contribution in [1.82, 2.24) is 10.9 Å². The first kappa shape index (κ1) is 17.9. The number of hydrogen-bond acceptors (Lipinski definition) is 3. The monoisotopic (exact) mass is 343 g/mol. The molecule has 0 radical (unpaired) electrons. The zero-order valence-electron chi connectivity index (χ0n) is 14.0. The molecule has 126 valence electrons. The summed E-state index contributed by atoms with van der Waals surface area (Å²) in [5.74, 6) is -0.266. The minimum atomic E-state index is -0.266. The molecule has 2 aromatic rings. The summed E-state index contributed by atoms with van der Waals surface area (Å²) < 4.78 is 5.07. The second-order valence-corrected chi connectivity index (χ2v) is 5.82. The SMILES string of the molecule is COCc1cccc(C(=O)NNC(=S)Nc2cccc(C)c2C)c1. The largest absolute Gasteiger partial charge is 0.380 e. The summed E-state index contributed by atoms with van der Waals surface area (Å²) >= 11 is 5.22. The van der Waals surface area contributed by atoms with Gasteiger partial charge in [0.25, 0.3) is 5.91 Å². The van der Waals surface area contributed by atoms with Crippen molar-refractivity contribution in [2.24, 2.45) is 0 Å². The number of amides is 1. The van der Waals surface area contributed by atoms with E-state index in [9.17, 15) is 4.79 Å². The fraction of sp³-hybridized carbons (Fsp3) is 0.222. The molecule has 6 heteroatoms. The lowest BCUT2D eigenvalue weighted by molar-refractivity contribution is 0.0944. The second kappa shape index (κ2) is 8.42. The van der Waals surface area contributed by atoms with Crippen LogP contribution in [0.25, 0.3) is 0 Å². The number of hydrogen-bond donors (Lipinski definition) is 3. The van der Waals surface area contributed by atoms with Crippen LogP contribution in [-0.2, 0) is 11.3 Å². The summed E-state index contributed by atoms with van der Waals surface area (Å²) in [5, 5.41) is 3.40. The summed E-state index contributed by atoms with van der Waals surface area (Å²) in [6, 6.07) is 13.2. The zero-order chi connectivity index (χ0) is 17.5. The lowest BCUT2D eigenvalue weighted by atomic mass is 10.1. The molecule has 0 saturated carbocycles. The summed E-state index contributed by atoms with van der Waals surface area (Å²) in [6.45, 7) is 4.51. The average molecular weight is 343 g/mol. The highest BCUT2D eigenvalue weighted by Crippen LogP contribution is 2.17. The molecule has 24 heavy (non-hydrogen) atoms. The maximum absolute atomic E-state index is 12.2. The van der Waals surface area contributed by atoms with E-state index < -0.39 is 0 Å². The highest BCUT2D eigenvalue weighted by atomic mass is 32.1. The van der Waals surface area contributed by atoms with Gasteiger partial charge in [0.2, 0.25) is 0 Å². The Morgan fingerprint density at radius 1 is 1.12 bits per heavy atom. The van der Waals surface area contributed by atoms with Gasteiger partial charge in [0.15, 0.2) is 5.11 Å². The Balaban J connectivity index is 1.92. The van der Waals surface area contributed by atoms with Gasteiger partial charge in [-0.15, -0.1) is 0 Å². The Morgan fingerprint density at radius 2 is 1.88 bits per heavy atom. The number of thiocarbonyl (C=S) groups is 1. The van der Waals surface area contributed by atoms with Crippen molar-refractivity contribution in [3.8, 4) is 0 Å². The topological polar surface area (TPSA) is 62.4 Å². The summed E-state index contributed by atoms with van der Waals surface area (Å²) in [7, 11) is 1.62. The van der Waals surface area contributed by atoms with Crippen molar-refractivity contribution in [1.29, 1.82) is 0 Å². The van der Waals surface area contributed by atoms with E-state index in [1.165, 1.54) is 5.56 Å². The molecule has 0 heterocycles. The molecule has 0 aromatic heterocycles. The summed E-state index contributed by atoms with van der Waals surface area (Å²) in [6.07, 6.45) is 0. The van der Waals surface area contributed by atoms with Gasteiger partial charge in [-0.2, -0.15) is 0 Å². The molecule has 0 atom stereocenters. The van der Waals surface area contributed by atoms with Gasteiger partial charge in [-0.3, -0.25) is 15.6 Å². The molecule has 0 unspecified atom stereocenters. The van der Waals surface area contributed by atoms with Gasteiger partial charge in [-0.1, -0.05) is 24.3 Å². The molecule has 0 aliphatic carbocycles. The van der Waals surface area contributed by atoms with Gasteiger partial charge in [-0.25, -0.2) is 0 Å². The maximum Gasteiger partial charge on any atom is 0.269 e. The Hall–Kier alpha value is -2.44. The van der Waals surface area contributed by atoms with Crippen LogP contribution in [0.5, 0.6) is 0 Å². The number of methoxy groups -OCH3 is 1. The number of nitrogens with one attached hydrogen (secondary N) is 3. The van der Waals surface area contributed by atoms with Gasteiger partial charge in [0, 0.05) is 18.4 Å². The number of hydrazine groups is 1. The predicted octanol–water partition coefficient (Wildman–Crippen LogP) is 3.08. The third kappa shape index (κ3) is 4.78. The zero-order valence-corrected chi connectivity index (χ0v) is 14.8. The first-order valence-electron chi connectivity index (χ1n) is 7.52. The fourth-order valence-electron chi connectivity index (χ4n) is 2.19. The highest BCUT2D eigenvalue weighted by Gasteiger charge is 2.07. The normalized spacial score (nSPS) is 10.1. The van der Waals surface area contributed by atoms with Crippen LogP contribution in [0.2, 0.25) is 0 Å². The Bertz CT molecular complexity index is 747. The van der Waals surface area contributed by atoms with Gasteiger partial charge in [-0.05, 0) is 61.0 Å². The molecule has 0 aliphatic heterocycles. The molecule has 5 nitrogen and oxygen atoms in total. The van der Waals surface area contributed by atoms with Crippen molar-refractivity contribution in [2.75, 3.05) is 12.4 Å². The van der Waals surface area contributed by atoms with E-state index in [4.69, 9.17) is 17.0 Å². The van der Waals surface area contributed by atoms with Crippen LogP contribution in [0.15, 0.2) is 42.5 Å². The van der Waals surface area contributed by atoms with Gasteiger partial charge in [0.1, 0.15) is 0 Å². The molecule has 0 fully saturated rings. The van der Waals surface area contributed by atoms with E-state index >= 15 is 0 Å². The Morgan fingerprint density at radius 3 is 2.62 bits per heavy atom. The lowest BCUT2D eigenvalue weighted by Crippen LogP contribution is -2.43. The quantitative estimate of drug-likeness (QED) is 0.588. The van der Waals surface area contributed by atoms with Crippen molar-refractivity contribution in [3.63, 3.8) is 0 Å². The molecular formula is C18H21N3O2S. The molecule has 0 bridgehead atoms. The third-order valence-electron chi connectivity index (χ3n) is 3.64. The maximum atomic E-state index is 12.2. The van der Waals surface area contributed by atoms with Gasteiger partial charge in [0.05, 0.1) is 6.61 Å². The van der Waals surface area contributed by atoms with E-state index in [1.54, 1.807) is 19.2 Å². The van der Waals surface area contributed by atoms with Crippen LogP contribution in [-0.4, -0.2) is 18.1 Å². The molecule has 0 spiro atoms.